The fraction of sp³-hybridized carbons (Fsp3) is 0.481. The summed E-state index contributed by atoms with van der Waals surface area (Å²) in [5.74, 6) is 0.489. The molecule has 2 saturated heterocycles. The molecule has 7 nitrogen and oxygen atoms in total. The molecule has 2 aliphatic heterocycles. The second kappa shape index (κ2) is 9.66. The molecule has 1 aromatic carbocycles. The van der Waals surface area contributed by atoms with Crippen LogP contribution in [0.1, 0.15) is 45.1 Å². The number of methoxy groups -OCH3 is 2. The highest BCUT2D eigenvalue weighted by Crippen LogP contribution is 2.49. The molecule has 182 valence electrons. The van der Waals surface area contributed by atoms with E-state index in [0.717, 1.165) is 24.0 Å². The van der Waals surface area contributed by atoms with E-state index in [4.69, 9.17) is 23.7 Å². The Morgan fingerprint density at radius 1 is 1.29 bits per heavy atom. The lowest BCUT2D eigenvalue weighted by molar-refractivity contribution is -0.140. The summed E-state index contributed by atoms with van der Waals surface area (Å²) >= 11 is 0. The second-order valence-electron chi connectivity index (χ2n) is 9.30. The Balaban J connectivity index is 1.43. The van der Waals surface area contributed by atoms with Crippen LogP contribution in [0.4, 0.5) is 0 Å². The van der Waals surface area contributed by atoms with Crippen LogP contribution in [0.3, 0.4) is 0 Å². The number of benzene rings is 1. The van der Waals surface area contributed by atoms with E-state index in [1.54, 1.807) is 39.4 Å². The predicted octanol–water partition coefficient (Wildman–Crippen LogP) is 4.41. The predicted molar refractivity (Wildman–Crippen MR) is 126 cm³/mol. The molecule has 4 rings (SSSR count). The first-order valence-electron chi connectivity index (χ1n) is 11.6. The molecule has 1 aromatic rings. The van der Waals surface area contributed by atoms with Crippen molar-refractivity contribution >= 4 is 18.0 Å². The standard InChI is InChI=1S/C27H32O7/c1-16(13-19-14-20(30-4)9-11-22(19)31-5)25(28)32-15-18-7-6-12-27(3)24(34-27)23-21(10-8-18)17(2)26(29)33-23/h7,9,11,13-14,21,23-24H,2,6,8,10,12,15H2,1,3-5H3/b16-13+,18-7+/t21-,23-,24-,27+/m0/s1. The molecule has 0 radical (unpaired) electrons. The van der Waals surface area contributed by atoms with Gasteiger partial charge in [-0.2, -0.15) is 0 Å². The summed E-state index contributed by atoms with van der Waals surface area (Å²) in [4.78, 5) is 24.8. The van der Waals surface area contributed by atoms with Gasteiger partial charge in [0, 0.05) is 22.6 Å². The lowest BCUT2D eigenvalue weighted by atomic mass is 9.84. The Morgan fingerprint density at radius 3 is 2.82 bits per heavy atom. The number of epoxide rings is 1. The van der Waals surface area contributed by atoms with E-state index in [0.29, 0.717) is 35.5 Å². The summed E-state index contributed by atoms with van der Waals surface area (Å²) < 4.78 is 27.8. The lowest BCUT2D eigenvalue weighted by Gasteiger charge is -2.20. The molecule has 0 unspecified atom stereocenters. The van der Waals surface area contributed by atoms with Crippen LogP contribution >= 0.6 is 0 Å². The number of hydrogen-bond acceptors (Lipinski definition) is 7. The van der Waals surface area contributed by atoms with Crippen LogP contribution in [0.15, 0.2) is 47.6 Å². The van der Waals surface area contributed by atoms with E-state index >= 15 is 0 Å². The van der Waals surface area contributed by atoms with Gasteiger partial charge in [0.05, 0.1) is 19.8 Å². The largest absolute Gasteiger partial charge is 0.497 e. The number of esters is 2. The van der Waals surface area contributed by atoms with Gasteiger partial charge in [0.15, 0.2) is 0 Å². The molecule has 1 aliphatic carbocycles. The van der Waals surface area contributed by atoms with E-state index in [-0.39, 0.29) is 36.3 Å². The second-order valence-corrected chi connectivity index (χ2v) is 9.30. The highest BCUT2D eigenvalue weighted by atomic mass is 16.6. The Bertz CT molecular complexity index is 1050. The minimum atomic E-state index is -0.401. The molecule has 2 heterocycles. The maximum absolute atomic E-state index is 12.7. The average molecular weight is 469 g/mol. The zero-order chi connectivity index (χ0) is 24.5. The molecule has 2 fully saturated rings. The van der Waals surface area contributed by atoms with Crippen molar-refractivity contribution in [1.82, 2.24) is 0 Å². The normalized spacial score (nSPS) is 30.3. The Morgan fingerprint density at radius 2 is 2.09 bits per heavy atom. The Labute approximate surface area is 200 Å². The minimum Gasteiger partial charge on any atom is -0.497 e. The first-order chi connectivity index (χ1) is 16.3. The molecule has 0 bridgehead atoms. The van der Waals surface area contributed by atoms with Crippen molar-refractivity contribution in [2.45, 2.75) is 57.3 Å². The SMILES string of the molecule is C=C1C(=O)O[C@H]2[C@H]1CC/C(COC(=O)/C(C)=C/c1cc(OC)ccc1OC)=C\CC[C@@]1(C)O[C@@H]21. The molecule has 0 aromatic heterocycles. The number of rotatable bonds is 6. The highest BCUT2D eigenvalue weighted by molar-refractivity contribution is 5.93. The van der Waals surface area contributed by atoms with E-state index in [1.807, 2.05) is 6.07 Å². The van der Waals surface area contributed by atoms with Crippen molar-refractivity contribution in [3.8, 4) is 11.5 Å². The number of allylic oxidation sites excluding steroid dienone is 1. The maximum atomic E-state index is 12.7. The van der Waals surface area contributed by atoms with Gasteiger partial charge in [0.2, 0.25) is 0 Å². The van der Waals surface area contributed by atoms with Gasteiger partial charge in [-0.25, -0.2) is 9.59 Å². The molecule has 0 amide bonds. The van der Waals surface area contributed by atoms with Gasteiger partial charge in [-0.15, -0.1) is 0 Å². The molecular weight excluding hydrogens is 436 g/mol. The molecule has 34 heavy (non-hydrogen) atoms. The Hall–Kier alpha value is -3.06. The number of ether oxygens (including phenoxy) is 5. The van der Waals surface area contributed by atoms with Crippen LogP contribution < -0.4 is 9.47 Å². The molecule has 3 aliphatic rings. The molecule has 0 saturated carbocycles. The lowest BCUT2D eigenvalue weighted by Crippen LogP contribution is -2.29. The quantitative estimate of drug-likeness (QED) is 0.265. The van der Waals surface area contributed by atoms with Crippen LogP contribution in [0.25, 0.3) is 6.08 Å². The topological polar surface area (TPSA) is 83.6 Å². The molecule has 7 heteroatoms. The van der Waals surface area contributed by atoms with Crippen molar-refractivity contribution in [3.63, 3.8) is 0 Å². The third-order valence-corrected chi connectivity index (χ3v) is 6.96. The van der Waals surface area contributed by atoms with Crippen LogP contribution in [0.5, 0.6) is 11.5 Å². The van der Waals surface area contributed by atoms with Crippen LogP contribution in [0, 0.1) is 5.92 Å². The van der Waals surface area contributed by atoms with Gasteiger partial charge in [-0.1, -0.05) is 12.7 Å². The zero-order valence-electron chi connectivity index (χ0n) is 20.2. The third kappa shape index (κ3) is 4.89. The van der Waals surface area contributed by atoms with Gasteiger partial charge in [0.25, 0.3) is 0 Å². The van der Waals surface area contributed by atoms with E-state index in [2.05, 4.69) is 19.6 Å². The average Bonchev–Trinajstić information content (AvgIpc) is 3.42. The van der Waals surface area contributed by atoms with E-state index in [9.17, 15) is 9.59 Å². The Kier molecular flexibility index (Phi) is 6.84. The van der Waals surface area contributed by atoms with E-state index in [1.165, 1.54) is 0 Å². The van der Waals surface area contributed by atoms with Gasteiger partial charge < -0.3 is 23.7 Å². The van der Waals surface area contributed by atoms with Gasteiger partial charge in [-0.05, 0) is 69.4 Å². The van der Waals surface area contributed by atoms with Crippen molar-refractivity contribution in [3.05, 3.63) is 53.1 Å². The number of fused-ring (bicyclic) bond motifs is 3. The first kappa shape index (κ1) is 24.1. The van der Waals surface area contributed by atoms with Crippen molar-refractivity contribution in [1.29, 1.82) is 0 Å². The molecular formula is C27H32O7. The summed E-state index contributed by atoms with van der Waals surface area (Å²) in [5.41, 5.74) is 2.42. The fourth-order valence-electron chi connectivity index (χ4n) is 4.77. The van der Waals surface area contributed by atoms with Gasteiger partial charge in [0.1, 0.15) is 30.3 Å². The minimum absolute atomic E-state index is 0.0742. The van der Waals surface area contributed by atoms with Gasteiger partial charge in [-0.3, -0.25) is 0 Å². The van der Waals surface area contributed by atoms with Gasteiger partial charge >= 0.3 is 11.9 Å². The first-order valence-corrected chi connectivity index (χ1v) is 11.6. The van der Waals surface area contributed by atoms with E-state index < -0.39 is 5.97 Å². The summed E-state index contributed by atoms with van der Waals surface area (Å²) in [5, 5.41) is 0. The zero-order valence-corrected chi connectivity index (χ0v) is 20.2. The fourth-order valence-corrected chi connectivity index (χ4v) is 4.77. The molecule has 0 N–H and O–H groups in total. The monoisotopic (exact) mass is 468 g/mol. The number of hydrogen-bond donors (Lipinski definition) is 0. The van der Waals surface area contributed by atoms with Crippen molar-refractivity contribution in [2.75, 3.05) is 20.8 Å². The van der Waals surface area contributed by atoms with Crippen molar-refractivity contribution < 1.29 is 33.3 Å². The third-order valence-electron chi connectivity index (χ3n) is 6.96. The van der Waals surface area contributed by atoms with Crippen LogP contribution in [-0.2, 0) is 23.8 Å². The van der Waals surface area contributed by atoms with Crippen molar-refractivity contribution in [2.24, 2.45) is 5.92 Å². The highest BCUT2D eigenvalue weighted by Gasteiger charge is 2.61. The van der Waals surface area contributed by atoms with Crippen LogP contribution in [-0.4, -0.2) is 50.6 Å². The van der Waals surface area contributed by atoms with Crippen LogP contribution in [0.2, 0.25) is 0 Å². The maximum Gasteiger partial charge on any atom is 0.334 e. The summed E-state index contributed by atoms with van der Waals surface area (Å²) in [6.07, 6.45) is 6.52. The molecule has 4 atom stereocenters. The molecule has 0 spiro atoms. The summed E-state index contributed by atoms with van der Waals surface area (Å²) in [6.45, 7) is 7.91. The number of carbonyl (C=O) groups excluding carboxylic acids is 2. The smallest absolute Gasteiger partial charge is 0.334 e. The summed E-state index contributed by atoms with van der Waals surface area (Å²) in [6, 6.07) is 5.40. The number of carbonyl (C=O) groups is 2. The summed E-state index contributed by atoms with van der Waals surface area (Å²) in [7, 11) is 3.17.